The fourth-order valence-electron chi connectivity index (χ4n) is 1.50. The Labute approximate surface area is 114 Å². The van der Waals surface area contributed by atoms with E-state index in [2.05, 4.69) is 38.0 Å². The van der Waals surface area contributed by atoms with E-state index in [-0.39, 0.29) is 0 Å². The van der Waals surface area contributed by atoms with Crippen molar-refractivity contribution in [1.82, 2.24) is 14.8 Å². The first-order valence-electron chi connectivity index (χ1n) is 5.28. The van der Waals surface area contributed by atoms with E-state index in [1.165, 1.54) is 0 Å². The SMILES string of the molecule is Cn1cnc(CCNc2ccc(I)cc2N)n1. The molecule has 0 saturated heterocycles. The average molecular weight is 343 g/mol. The predicted octanol–water partition coefficient (Wildman–Crippen LogP) is 1.66. The van der Waals surface area contributed by atoms with Gasteiger partial charge in [0.25, 0.3) is 0 Å². The summed E-state index contributed by atoms with van der Waals surface area (Å²) in [5, 5.41) is 7.49. The molecule has 0 aliphatic rings. The Morgan fingerprint density at radius 1 is 1.47 bits per heavy atom. The van der Waals surface area contributed by atoms with Crippen LogP contribution in [0.25, 0.3) is 0 Å². The Bertz CT molecular complexity index is 508. The second-order valence-corrected chi connectivity index (χ2v) is 4.99. The fraction of sp³-hybridized carbons (Fsp3) is 0.273. The number of hydrogen-bond acceptors (Lipinski definition) is 4. The normalized spacial score (nSPS) is 10.5. The number of benzene rings is 1. The Balaban J connectivity index is 1.90. The summed E-state index contributed by atoms with van der Waals surface area (Å²) in [5.74, 6) is 0.837. The predicted molar refractivity (Wildman–Crippen MR) is 76.8 cm³/mol. The maximum Gasteiger partial charge on any atom is 0.152 e. The Morgan fingerprint density at radius 3 is 2.94 bits per heavy atom. The van der Waals surface area contributed by atoms with Crippen LogP contribution >= 0.6 is 22.6 Å². The third kappa shape index (κ3) is 3.32. The van der Waals surface area contributed by atoms with Gasteiger partial charge in [-0.05, 0) is 40.8 Å². The van der Waals surface area contributed by atoms with Gasteiger partial charge >= 0.3 is 0 Å². The van der Waals surface area contributed by atoms with E-state index in [0.717, 1.165) is 33.7 Å². The number of hydrogen-bond donors (Lipinski definition) is 2. The van der Waals surface area contributed by atoms with Crippen LogP contribution in [-0.4, -0.2) is 21.3 Å². The first-order chi connectivity index (χ1) is 8.15. The van der Waals surface area contributed by atoms with Crippen molar-refractivity contribution < 1.29 is 0 Å². The summed E-state index contributed by atoms with van der Waals surface area (Å²) in [7, 11) is 1.86. The standard InChI is InChI=1S/C11H14IN5/c1-17-7-15-11(16-17)4-5-14-10-3-2-8(12)6-9(10)13/h2-3,6-7,14H,4-5,13H2,1H3. The van der Waals surface area contributed by atoms with Gasteiger partial charge in [-0.15, -0.1) is 0 Å². The van der Waals surface area contributed by atoms with Gasteiger partial charge in [0, 0.05) is 23.6 Å². The molecule has 0 saturated carbocycles. The molecule has 1 aromatic carbocycles. The van der Waals surface area contributed by atoms with Crippen LogP contribution in [0, 0.1) is 3.57 Å². The number of nitrogens with one attached hydrogen (secondary N) is 1. The molecule has 0 atom stereocenters. The summed E-state index contributed by atoms with van der Waals surface area (Å²) in [6.45, 7) is 0.773. The third-order valence-electron chi connectivity index (χ3n) is 2.32. The molecule has 5 nitrogen and oxygen atoms in total. The highest BCUT2D eigenvalue weighted by atomic mass is 127. The fourth-order valence-corrected chi connectivity index (χ4v) is 2.02. The molecule has 2 rings (SSSR count). The van der Waals surface area contributed by atoms with Gasteiger partial charge in [0.05, 0.1) is 11.4 Å². The van der Waals surface area contributed by atoms with Gasteiger partial charge in [0.2, 0.25) is 0 Å². The highest BCUT2D eigenvalue weighted by Crippen LogP contribution is 2.20. The minimum absolute atomic E-state index is 0.769. The van der Waals surface area contributed by atoms with E-state index in [1.807, 2.05) is 25.2 Å². The number of aromatic nitrogens is 3. The molecule has 1 aromatic heterocycles. The molecule has 0 unspecified atom stereocenters. The number of nitrogens with two attached hydrogens (primary N) is 1. The Kier molecular flexibility index (Phi) is 3.82. The minimum atomic E-state index is 0.769. The number of aryl methyl sites for hydroxylation is 1. The summed E-state index contributed by atoms with van der Waals surface area (Å²) >= 11 is 2.24. The number of rotatable bonds is 4. The van der Waals surface area contributed by atoms with Crippen LogP contribution in [0.15, 0.2) is 24.5 Å². The van der Waals surface area contributed by atoms with Crippen molar-refractivity contribution in [2.45, 2.75) is 6.42 Å². The summed E-state index contributed by atoms with van der Waals surface area (Å²) in [5.41, 5.74) is 7.63. The molecule has 2 aromatic rings. The molecule has 17 heavy (non-hydrogen) atoms. The zero-order valence-corrected chi connectivity index (χ0v) is 11.7. The van der Waals surface area contributed by atoms with Crippen LogP contribution in [0.4, 0.5) is 11.4 Å². The molecule has 1 heterocycles. The topological polar surface area (TPSA) is 68.8 Å². The molecule has 0 fully saturated rings. The lowest BCUT2D eigenvalue weighted by atomic mass is 10.2. The summed E-state index contributed by atoms with van der Waals surface area (Å²) < 4.78 is 2.84. The highest BCUT2D eigenvalue weighted by molar-refractivity contribution is 14.1. The van der Waals surface area contributed by atoms with Gasteiger partial charge in [0.1, 0.15) is 6.33 Å². The van der Waals surface area contributed by atoms with Crippen LogP contribution in [0.2, 0.25) is 0 Å². The van der Waals surface area contributed by atoms with Crippen LogP contribution in [0.3, 0.4) is 0 Å². The largest absolute Gasteiger partial charge is 0.397 e. The zero-order chi connectivity index (χ0) is 12.3. The molecule has 0 radical (unpaired) electrons. The van der Waals surface area contributed by atoms with Crippen LogP contribution < -0.4 is 11.1 Å². The van der Waals surface area contributed by atoms with Gasteiger partial charge in [-0.25, -0.2) is 4.98 Å². The van der Waals surface area contributed by atoms with E-state index in [4.69, 9.17) is 5.73 Å². The lowest BCUT2D eigenvalue weighted by Crippen LogP contribution is -2.08. The second-order valence-electron chi connectivity index (χ2n) is 3.74. The van der Waals surface area contributed by atoms with Crippen molar-refractivity contribution in [1.29, 1.82) is 0 Å². The molecular weight excluding hydrogens is 329 g/mol. The first kappa shape index (κ1) is 12.2. The van der Waals surface area contributed by atoms with Crippen LogP contribution in [0.1, 0.15) is 5.82 Å². The minimum Gasteiger partial charge on any atom is -0.397 e. The monoisotopic (exact) mass is 343 g/mol. The van der Waals surface area contributed by atoms with Crippen molar-refractivity contribution in [2.24, 2.45) is 7.05 Å². The third-order valence-corrected chi connectivity index (χ3v) is 3.00. The number of anilines is 2. The van der Waals surface area contributed by atoms with Gasteiger partial charge in [-0.1, -0.05) is 0 Å². The molecule has 0 aliphatic heterocycles. The van der Waals surface area contributed by atoms with Gasteiger partial charge < -0.3 is 11.1 Å². The second kappa shape index (κ2) is 5.35. The van der Waals surface area contributed by atoms with E-state index in [9.17, 15) is 0 Å². The van der Waals surface area contributed by atoms with Crippen molar-refractivity contribution in [3.05, 3.63) is 33.9 Å². The van der Waals surface area contributed by atoms with Crippen molar-refractivity contribution >= 4 is 34.0 Å². The molecule has 0 amide bonds. The van der Waals surface area contributed by atoms with Crippen LogP contribution in [0.5, 0.6) is 0 Å². The molecular formula is C11H14IN5. The molecule has 0 spiro atoms. The van der Waals surface area contributed by atoms with Crippen molar-refractivity contribution in [3.63, 3.8) is 0 Å². The van der Waals surface area contributed by atoms with E-state index < -0.39 is 0 Å². The molecule has 90 valence electrons. The van der Waals surface area contributed by atoms with E-state index in [1.54, 1.807) is 11.0 Å². The number of halogens is 1. The maximum absolute atomic E-state index is 5.90. The van der Waals surface area contributed by atoms with Crippen molar-refractivity contribution in [3.8, 4) is 0 Å². The first-order valence-corrected chi connectivity index (χ1v) is 6.36. The number of nitrogen functional groups attached to an aromatic ring is 1. The van der Waals surface area contributed by atoms with Gasteiger partial charge in [-0.3, -0.25) is 4.68 Å². The smallest absolute Gasteiger partial charge is 0.152 e. The highest BCUT2D eigenvalue weighted by Gasteiger charge is 2.01. The van der Waals surface area contributed by atoms with E-state index in [0.29, 0.717) is 0 Å². The quantitative estimate of drug-likeness (QED) is 0.654. The Hall–Kier alpha value is -1.31. The summed E-state index contributed by atoms with van der Waals surface area (Å²) in [6.07, 6.45) is 2.49. The molecule has 6 heteroatoms. The number of nitrogens with zero attached hydrogens (tertiary/aromatic N) is 3. The summed E-state index contributed by atoms with van der Waals surface area (Å²) in [4.78, 5) is 4.16. The average Bonchev–Trinajstić information content (AvgIpc) is 2.68. The lowest BCUT2D eigenvalue weighted by Gasteiger charge is -2.08. The zero-order valence-electron chi connectivity index (χ0n) is 9.52. The van der Waals surface area contributed by atoms with Crippen molar-refractivity contribution in [2.75, 3.05) is 17.6 Å². The summed E-state index contributed by atoms with van der Waals surface area (Å²) in [6, 6.07) is 5.96. The molecule has 3 N–H and O–H groups in total. The van der Waals surface area contributed by atoms with Crippen LogP contribution in [-0.2, 0) is 13.5 Å². The van der Waals surface area contributed by atoms with E-state index >= 15 is 0 Å². The van der Waals surface area contributed by atoms with Gasteiger partial charge in [-0.2, -0.15) is 5.10 Å². The lowest BCUT2D eigenvalue weighted by molar-refractivity contribution is 0.742. The molecule has 0 bridgehead atoms. The molecule has 0 aliphatic carbocycles. The Morgan fingerprint density at radius 2 is 2.29 bits per heavy atom. The van der Waals surface area contributed by atoms with Gasteiger partial charge in [0.15, 0.2) is 5.82 Å². The maximum atomic E-state index is 5.90.